The minimum atomic E-state index is -3.06. The van der Waals surface area contributed by atoms with Gasteiger partial charge >= 0.3 is 0 Å². The van der Waals surface area contributed by atoms with Crippen molar-refractivity contribution in [1.29, 1.82) is 0 Å². The predicted octanol–water partition coefficient (Wildman–Crippen LogP) is 2.66. The number of fused-ring (bicyclic) bond motifs is 1. The molecule has 0 spiro atoms. The summed E-state index contributed by atoms with van der Waals surface area (Å²) in [6.07, 6.45) is 2.78. The highest BCUT2D eigenvalue weighted by molar-refractivity contribution is 7.18. The fourth-order valence-corrected chi connectivity index (χ4v) is 4.18. The number of anilines is 1. The number of nitrogens with one attached hydrogen (secondary N) is 1. The first-order chi connectivity index (χ1) is 12.3. The molecule has 1 aliphatic rings. The van der Waals surface area contributed by atoms with Crippen LogP contribution in [0.15, 0.2) is 6.33 Å². The Morgan fingerprint density at radius 2 is 2.04 bits per heavy atom. The highest BCUT2D eigenvalue weighted by Crippen LogP contribution is 2.35. The number of nitrogens with two attached hydrogens (primary N) is 1. The molecule has 6 nitrogen and oxygen atoms in total. The van der Waals surface area contributed by atoms with E-state index < -0.39 is 19.0 Å². The Hall–Kier alpha value is -1.58. The fourth-order valence-electron chi connectivity index (χ4n) is 3.19. The number of halogens is 3. The molecule has 0 bridgehead atoms. The average molecular weight is 420 g/mol. The van der Waals surface area contributed by atoms with E-state index in [2.05, 4.69) is 34.0 Å². The van der Waals surface area contributed by atoms with Crippen molar-refractivity contribution in [3.8, 4) is 0 Å². The Labute approximate surface area is 166 Å². The predicted molar refractivity (Wildman–Crippen MR) is 106 cm³/mol. The monoisotopic (exact) mass is 419 g/mol. The van der Waals surface area contributed by atoms with Gasteiger partial charge in [0.25, 0.3) is 5.92 Å². The van der Waals surface area contributed by atoms with Gasteiger partial charge in [0.2, 0.25) is 5.91 Å². The summed E-state index contributed by atoms with van der Waals surface area (Å²) >= 11 is 1.65. The summed E-state index contributed by atoms with van der Waals surface area (Å²) in [4.78, 5) is 25.3. The zero-order valence-electron chi connectivity index (χ0n) is 15.3. The maximum absolute atomic E-state index is 13.2. The largest absolute Gasteiger partial charge is 0.356 e. The van der Waals surface area contributed by atoms with Gasteiger partial charge in [-0.2, -0.15) is 0 Å². The molecule has 3 rings (SSSR count). The summed E-state index contributed by atoms with van der Waals surface area (Å²) in [6.45, 7) is 3.98. The maximum atomic E-state index is 13.2. The van der Waals surface area contributed by atoms with Gasteiger partial charge < -0.3 is 16.0 Å². The topological polar surface area (TPSA) is 84.1 Å². The van der Waals surface area contributed by atoms with Crippen LogP contribution in [0, 0.1) is 19.8 Å². The highest BCUT2D eigenvalue weighted by atomic mass is 35.5. The van der Waals surface area contributed by atoms with Gasteiger partial charge in [0.1, 0.15) is 17.0 Å². The van der Waals surface area contributed by atoms with E-state index in [1.54, 1.807) is 17.7 Å². The van der Waals surface area contributed by atoms with Gasteiger partial charge in [-0.05, 0) is 32.3 Å². The third-order valence-electron chi connectivity index (χ3n) is 4.93. The number of rotatable bonds is 5. The number of aromatic nitrogens is 2. The van der Waals surface area contributed by atoms with Crippen LogP contribution in [0.25, 0.3) is 10.2 Å². The standard InChI is InChI=1S/C17H23F2N5OS.ClH/c1-10-11(2)26-16-13(10)14(22-9-23-16)24-5-3-12(4-6-24)15(25)21-8-17(18,19)7-20;/h9,12H,3-8,20H2,1-2H3,(H,21,25);1H. The molecule has 2 aromatic rings. The van der Waals surface area contributed by atoms with Crippen LogP contribution >= 0.6 is 23.7 Å². The molecule has 10 heteroatoms. The number of hydrogen-bond acceptors (Lipinski definition) is 6. The molecule has 1 aliphatic heterocycles. The van der Waals surface area contributed by atoms with E-state index in [9.17, 15) is 13.6 Å². The molecule has 27 heavy (non-hydrogen) atoms. The Morgan fingerprint density at radius 3 is 2.67 bits per heavy atom. The molecule has 0 atom stereocenters. The SMILES string of the molecule is Cc1sc2ncnc(N3CCC(C(=O)NCC(F)(F)CN)CC3)c2c1C.Cl. The number of amides is 1. The molecular weight excluding hydrogens is 396 g/mol. The number of nitrogens with zero attached hydrogens (tertiary/aromatic N) is 3. The summed E-state index contributed by atoms with van der Waals surface area (Å²) in [5, 5.41) is 3.40. The lowest BCUT2D eigenvalue weighted by Crippen LogP contribution is -2.46. The van der Waals surface area contributed by atoms with E-state index in [0.29, 0.717) is 25.9 Å². The van der Waals surface area contributed by atoms with Crippen LogP contribution < -0.4 is 16.0 Å². The first kappa shape index (κ1) is 21.7. The number of aryl methyl sites for hydroxylation is 2. The smallest absolute Gasteiger partial charge is 0.277 e. The molecule has 0 aromatic carbocycles. The number of piperidine rings is 1. The lowest BCUT2D eigenvalue weighted by atomic mass is 9.95. The molecule has 3 heterocycles. The van der Waals surface area contributed by atoms with Crippen LogP contribution in [-0.4, -0.2) is 48.0 Å². The second kappa shape index (κ2) is 8.62. The molecule has 0 saturated carbocycles. The van der Waals surface area contributed by atoms with Crippen LogP contribution in [0.5, 0.6) is 0 Å². The van der Waals surface area contributed by atoms with Gasteiger partial charge in [0.15, 0.2) is 0 Å². The van der Waals surface area contributed by atoms with E-state index in [0.717, 1.165) is 16.0 Å². The van der Waals surface area contributed by atoms with Crippen molar-refractivity contribution in [2.75, 3.05) is 31.1 Å². The van der Waals surface area contributed by atoms with E-state index in [-0.39, 0.29) is 24.2 Å². The van der Waals surface area contributed by atoms with Crippen molar-refractivity contribution in [3.63, 3.8) is 0 Å². The summed E-state index contributed by atoms with van der Waals surface area (Å²) in [5.74, 6) is -2.75. The summed E-state index contributed by atoms with van der Waals surface area (Å²) < 4.78 is 26.4. The molecule has 3 N–H and O–H groups in total. The minimum Gasteiger partial charge on any atom is -0.356 e. The molecule has 1 saturated heterocycles. The second-order valence-corrected chi connectivity index (χ2v) is 7.90. The van der Waals surface area contributed by atoms with Crippen LogP contribution in [0.2, 0.25) is 0 Å². The van der Waals surface area contributed by atoms with Crippen molar-refractivity contribution in [2.45, 2.75) is 32.6 Å². The Morgan fingerprint density at radius 1 is 1.37 bits per heavy atom. The van der Waals surface area contributed by atoms with Crippen LogP contribution in [-0.2, 0) is 4.79 Å². The number of alkyl halides is 2. The van der Waals surface area contributed by atoms with Crippen molar-refractivity contribution < 1.29 is 13.6 Å². The number of carbonyl (C=O) groups excluding carboxylic acids is 1. The Bertz CT molecular complexity index is 808. The molecule has 1 amide bonds. The van der Waals surface area contributed by atoms with Gasteiger partial charge in [-0.15, -0.1) is 23.7 Å². The number of hydrogen-bond donors (Lipinski definition) is 2. The molecule has 0 aliphatic carbocycles. The molecule has 1 fully saturated rings. The summed E-state index contributed by atoms with van der Waals surface area (Å²) in [5.41, 5.74) is 6.18. The van der Waals surface area contributed by atoms with Crippen molar-refractivity contribution in [3.05, 3.63) is 16.8 Å². The van der Waals surface area contributed by atoms with Crippen molar-refractivity contribution in [1.82, 2.24) is 15.3 Å². The minimum absolute atomic E-state index is 0. The van der Waals surface area contributed by atoms with Crippen LogP contribution in [0.1, 0.15) is 23.3 Å². The summed E-state index contributed by atoms with van der Waals surface area (Å²) in [7, 11) is 0. The summed E-state index contributed by atoms with van der Waals surface area (Å²) in [6, 6.07) is 0. The number of thiophene rings is 1. The van der Waals surface area contributed by atoms with Crippen LogP contribution in [0.3, 0.4) is 0 Å². The maximum Gasteiger partial charge on any atom is 0.277 e. The van der Waals surface area contributed by atoms with Crippen molar-refractivity contribution in [2.24, 2.45) is 11.7 Å². The third kappa shape index (κ3) is 4.64. The van der Waals surface area contributed by atoms with Gasteiger partial charge in [-0.25, -0.2) is 18.7 Å². The second-order valence-electron chi connectivity index (χ2n) is 6.70. The quantitative estimate of drug-likeness (QED) is 0.778. The normalized spacial score (nSPS) is 15.7. The molecule has 150 valence electrons. The fraction of sp³-hybridized carbons (Fsp3) is 0.588. The van der Waals surface area contributed by atoms with Gasteiger partial charge in [0, 0.05) is 23.9 Å². The highest BCUT2D eigenvalue weighted by Gasteiger charge is 2.31. The zero-order valence-corrected chi connectivity index (χ0v) is 16.9. The van der Waals surface area contributed by atoms with E-state index in [1.807, 2.05) is 0 Å². The average Bonchev–Trinajstić information content (AvgIpc) is 2.94. The molecular formula is C17H24ClF2N5OS. The molecule has 2 aromatic heterocycles. The Balaban J connectivity index is 0.00000261. The van der Waals surface area contributed by atoms with Crippen LogP contribution in [0.4, 0.5) is 14.6 Å². The van der Waals surface area contributed by atoms with E-state index in [4.69, 9.17) is 5.73 Å². The molecule has 0 radical (unpaired) electrons. The van der Waals surface area contributed by atoms with E-state index in [1.165, 1.54) is 10.4 Å². The van der Waals surface area contributed by atoms with Crippen molar-refractivity contribution >= 4 is 45.7 Å². The lowest BCUT2D eigenvalue weighted by Gasteiger charge is -2.32. The zero-order chi connectivity index (χ0) is 18.9. The lowest BCUT2D eigenvalue weighted by molar-refractivity contribution is -0.127. The van der Waals surface area contributed by atoms with Gasteiger partial charge in [0.05, 0.1) is 18.5 Å². The van der Waals surface area contributed by atoms with Gasteiger partial charge in [-0.1, -0.05) is 0 Å². The first-order valence-electron chi connectivity index (χ1n) is 8.63. The molecule has 0 unspecified atom stereocenters. The van der Waals surface area contributed by atoms with E-state index >= 15 is 0 Å². The first-order valence-corrected chi connectivity index (χ1v) is 9.45. The third-order valence-corrected chi connectivity index (χ3v) is 6.05. The Kier molecular flexibility index (Phi) is 6.93. The number of carbonyl (C=O) groups is 1. The van der Waals surface area contributed by atoms with Gasteiger partial charge in [-0.3, -0.25) is 4.79 Å².